The van der Waals surface area contributed by atoms with Crippen LogP contribution < -0.4 is 10.5 Å². The van der Waals surface area contributed by atoms with Gasteiger partial charge in [-0.2, -0.15) is 0 Å². The zero-order chi connectivity index (χ0) is 13.7. The van der Waals surface area contributed by atoms with Crippen LogP contribution in [0.5, 0.6) is 5.75 Å². The molecule has 1 aliphatic rings. The molecule has 106 valence electrons. The molecular formula is C16H26N2O. The fourth-order valence-electron chi connectivity index (χ4n) is 3.17. The van der Waals surface area contributed by atoms with Crippen LogP contribution in [0.3, 0.4) is 0 Å². The molecule has 1 fully saturated rings. The molecule has 0 radical (unpaired) electrons. The molecule has 0 saturated heterocycles. The van der Waals surface area contributed by atoms with Gasteiger partial charge in [-0.1, -0.05) is 26.2 Å². The topological polar surface area (TPSA) is 48.1 Å². The van der Waals surface area contributed by atoms with Crippen molar-refractivity contribution < 1.29 is 4.74 Å². The molecule has 3 unspecified atom stereocenters. The van der Waals surface area contributed by atoms with Crippen molar-refractivity contribution in [1.82, 2.24) is 4.98 Å². The molecule has 3 heteroatoms. The summed E-state index contributed by atoms with van der Waals surface area (Å²) in [6.07, 6.45) is 10.1. The molecule has 1 heterocycles. The van der Waals surface area contributed by atoms with Crippen LogP contribution in [0.1, 0.15) is 57.6 Å². The van der Waals surface area contributed by atoms with Crippen LogP contribution in [-0.2, 0) is 0 Å². The minimum atomic E-state index is 0.0993. The van der Waals surface area contributed by atoms with Crippen LogP contribution in [0.2, 0.25) is 0 Å². The molecule has 2 rings (SSSR count). The Bertz CT molecular complexity index is 394. The Labute approximate surface area is 116 Å². The summed E-state index contributed by atoms with van der Waals surface area (Å²) in [5, 5.41) is 0. The van der Waals surface area contributed by atoms with Gasteiger partial charge in [0, 0.05) is 12.2 Å². The summed E-state index contributed by atoms with van der Waals surface area (Å²) < 4.78 is 5.51. The summed E-state index contributed by atoms with van der Waals surface area (Å²) >= 11 is 0. The molecule has 1 aliphatic carbocycles. The minimum absolute atomic E-state index is 0.0993. The van der Waals surface area contributed by atoms with E-state index in [1.165, 1.54) is 32.1 Å². The number of aromatic nitrogens is 1. The monoisotopic (exact) mass is 262 g/mol. The Kier molecular flexibility index (Phi) is 5.20. The molecular weight excluding hydrogens is 236 g/mol. The smallest absolute Gasteiger partial charge is 0.137 e. The quantitative estimate of drug-likeness (QED) is 0.880. The van der Waals surface area contributed by atoms with Crippen molar-refractivity contribution in [1.29, 1.82) is 0 Å². The molecule has 3 atom stereocenters. The molecule has 0 aromatic carbocycles. The standard InChI is InChI=1S/C16H26N2O/c1-3-12-6-5-7-13(8-12)16(17)14-9-15(19-4-2)11-18-10-14/h9-13,16H,3-8,17H2,1-2H3. The first-order valence-electron chi connectivity index (χ1n) is 7.57. The van der Waals surface area contributed by atoms with Gasteiger partial charge >= 0.3 is 0 Å². The summed E-state index contributed by atoms with van der Waals surface area (Å²) in [6, 6.07) is 2.15. The number of hydrogen-bond donors (Lipinski definition) is 1. The molecule has 0 bridgehead atoms. The van der Waals surface area contributed by atoms with E-state index in [-0.39, 0.29) is 6.04 Å². The summed E-state index contributed by atoms with van der Waals surface area (Å²) in [4.78, 5) is 4.25. The van der Waals surface area contributed by atoms with Crippen molar-refractivity contribution in [3.63, 3.8) is 0 Å². The minimum Gasteiger partial charge on any atom is -0.492 e. The zero-order valence-corrected chi connectivity index (χ0v) is 12.1. The molecule has 0 spiro atoms. The van der Waals surface area contributed by atoms with Crippen LogP contribution in [-0.4, -0.2) is 11.6 Å². The fraction of sp³-hybridized carbons (Fsp3) is 0.688. The first-order chi connectivity index (χ1) is 9.24. The van der Waals surface area contributed by atoms with E-state index in [0.29, 0.717) is 12.5 Å². The fourth-order valence-corrected chi connectivity index (χ4v) is 3.17. The molecule has 1 aromatic rings. The highest BCUT2D eigenvalue weighted by atomic mass is 16.5. The van der Waals surface area contributed by atoms with E-state index in [9.17, 15) is 0 Å². The average molecular weight is 262 g/mol. The van der Waals surface area contributed by atoms with Crippen molar-refractivity contribution >= 4 is 0 Å². The van der Waals surface area contributed by atoms with E-state index in [4.69, 9.17) is 10.5 Å². The number of ether oxygens (including phenoxy) is 1. The average Bonchev–Trinajstić information content (AvgIpc) is 2.47. The Morgan fingerprint density at radius 1 is 1.37 bits per heavy atom. The molecule has 2 N–H and O–H groups in total. The van der Waals surface area contributed by atoms with Gasteiger partial charge in [-0.15, -0.1) is 0 Å². The third kappa shape index (κ3) is 3.69. The van der Waals surface area contributed by atoms with Crippen LogP contribution in [0, 0.1) is 11.8 Å². The Morgan fingerprint density at radius 2 is 2.21 bits per heavy atom. The largest absolute Gasteiger partial charge is 0.492 e. The van der Waals surface area contributed by atoms with Crippen molar-refractivity contribution in [2.45, 2.75) is 52.0 Å². The van der Waals surface area contributed by atoms with Gasteiger partial charge in [0.1, 0.15) is 5.75 Å². The Balaban J connectivity index is 2.05. The van der Waals surface area contributed by atoms with Gasteiger partial charge in [-0.25, -0.2) is 0 Å². The maximum Gasteiger partial charge on any atom is 0.137 e. The maximum atomic E-state index is 6.46. The van der Waals surface area contributed by atoms with Crippen molar-refractivity contribution in [2.24, 2.45) is 17.6 Å². The third-order valence-corrected chi connectivity index (χ3v) is 4.34. The number of rotatable bonds is 5. The SMILES string of the molecule is CCOc1cncc(C(N)C2CCCC(CC)C2)c1. The van der Waals surface area contributed by atoms with Gasteiger partial charge in [0.05, 0.1) is 12.8 Å². The van der Waals surface area contributed by atoms with E-state index < -0.39 is 0 Å². The predicted molar refractivity (Wildman–Crippen MR) is 78.1 cm³/mol. The summed E-state index contributed by atoms with van der Waals surface area (Å²) in [5.74, 6) is 2.28. The van der Waals surface area contributed by atoms with Gasteiger partial charge < -0.3 is 10.5 Å². The number of nitrogens with two attached hydrogens (primary N) is 1. The Hall–Kier alpha value is -1.09. The van der Waals surface area contributed by atoms with E-state index >= 15 is 0 Å². The van der Waals surface area contributed by atoms with Gasteiger partial charge in [0.2, 0.25) is 0 Å². The molecule has 3 nitrogen and oxygen atoms in total. The van der Waals surface area contributed by atoms with Gasteiger partial charge in [-0.05, 0) is 43.2 Å². The van der Waals surface area contributed by atoms with Gasteiger partial charge in [0.25, 0.3) is 0 Å². The highest BCUT2D eigenvalue weighted by Gasteiger charge is 2.26. The molecule has 0 aliphatic heterocycles. The van der Waals surface area contributed by atoms with Crippen molar-refractivity contribution in [2.75, 3.05) is 6.61 Å². The van der Waals surface area contributed by atoms with Gasteiger partial charge in [0.15, 0.2) is 0 Å². The van der Waals surface area contributed by atoms with Crippen LogP contribution >= 0.6 is 0 Å². The lowest BCUT2D eigenvalue weighted by molar-refractivity contribution is 0.230. The number of nitrogens with zero attached hydrogens (tertiary/aromatic N) is 1. The second kappa shape index (κ2) is 6.90. The first-order valence-corrected chi connectivity index (χ1v) is 7.57. The summed E-state index contributed by atoms with van der Waals surface area (Å²) in [7, 11) is 0. The van der Waals surface area contributed by atoms with E-state index in [2.05, 4.69) is 18.0 Å². The lowest BCUT2D eigenvalue weighted by Gasteiger charge is -2.32. The predicted octanol–water partition coefficient (Wildman–Crippen LogP) is 3.70. The number of hydrogen-bond acceptors (Lipinski definition) is 3. The summed E-state index contributed by atoms with van der Waals surface area (Å²) in [5.41, 5.74) is 7.57. The molecule has 1 saturated carbocycles. The molecule has 0 amide bonds. The van der Waals surface area contributed by atoms with E-state index in [1.807, 2.05) is 13.1 Å². The van der Waals surface area contributed by atoms with Gasteiger partial charge in [-0.3, -0.25) is 4.98 Å². The lowest BCUT2D eigenvalue weighted by Crippen LogP contribution is -2.27. The second-order valence-corrected chi connectivity index (χ2v) is 5.61. The Morgan fingerprint density at radius 3 is 2.95 bits per heavy atom. The normalized spacial score (nSPS) is 25.0. The highest BCUT2D eigenvalue weighted by molar-refractivity contribution is 5.26. The van der Waals surface area contributed by atoms with Crippen molar-refractivity contribution in [3.05, 3.63) is 24.0 Å². The van der Waals surface area contributed by atoms with E-state index in [1.54, 1.807) is 6.20 Å². The van der Waals surface area contributed by atoms with Crippen LogP contribution in [0.25, 0.3) is 0 Å². The van der Waals surface area contributed by atoms with Crippen LogP contribution in [0.15, 0.2) is 18.5 Å². The maximum absolute atomic E-state index is 6.46. The molecule has 19 heavy (non-hydrogen) atoms. The number of pyridine rings is 1. The zero-order valence-electron chi connectivity index (χ0n) is 12.1. The lowest BCUT2D eigenvalue weighted by atomic mass is 9.75. The van der Waals surface area contributed by atoms with Crippen molar-refractivity contribution in [3.8, 4) is 5.75 Å². The first kappa shape index (κ1) is 14.3. The third-order valence-electron chi connectivity index (χ3n) is 4.34. The highest BCUT2D eigenvalue weighted by Crippen LogP contribution is 2.37. The van der Waals surface area contributed by atoms with E-state index in [0.717, 1.165) is 17.2 Å². The second-order valence-electron chi connectivity index (χ2n) is 5.61. The summed E-state index contributed by atoms with van der Waals surface area (Å²) in [6.45, 7) is 4.94. The van der Waals surface area contributed by atoms with Crippen LogP contribution in [0.4, 0.5) is 0 Å². The molecule has 1 aromatic heterocycles.